The zero-order valence-corrected chi connectivity index (χ0v) is 22.5. The van der Waals surface area contributed by atoms with E-state index in [4.69, 9.17) is 0 Å². The lowest BCUT2D eigenvalue weighted by Gasteiger charge is -2.23. The van der Waals surface area contributed by atoms with Crippen LogP contribution in [-0.2, 0) is 5.41 Å². The molecule has 0 fully saturated rings. The van der Waals surface area contributed by atoms with Gasteiger partial charge in [0.15, 0.2) is 0 Å². The van der Waals surface area contributed by atoms with E-state index in [0.29, 0.717) is 28.1 Å². The van der Waals surface area contributed by atoms with Crippen molar-refractivity contribution in [2.24, 2.45) is 0 Å². The third-order valence-corrected chi connectivity index (χ3v) is 8.73. The van der Waals surface area contributed by atoms with Crippen LogP contribution in [0.1, 0.15) is 51.3 Å². The van der Waals surface area contributed by atoms with E-state index in [1.807, 2.05) is 12.1 Å². The van der Waals surface area contributed by atoms with Gasteiger partial charge in [-0.3, -0.25) is 9.59 Å². The third kappa shape index (κ3) is 2.94. The van der Waals surface area contributed by atoms with Gasteiger partial charge in [0.1, 0.15) is 0 Å². The van der Waals surface area contributed by atoms with Crippen LogP contribution in [0.4, 0.5) is 5.69 Å². The highest BCUT2D eigenvalue weighted by Gasteiger charge is 2.40. The van der Waals surface area contributed by atoms with Gasteiger partial charge in [-0.2, -0.15) is 5.26 Å². The van der Waals surface area contributed by atoms with Gasteiger partial charge in [0.25, 0.3) is 11.8 Å². The van der Waals surface area contributed by atoms with E-state index in [-0.39, 0.29) is 17.2 Å². The van der Waals surface area contributed by atoms with Crippen LogP contribution in [0, 0.1) is 11.3 Å². The SMILES string of the molecule is CC1(C)c2ccccc2-c2ccc3c(c21)c1ccccc1n3-c1cc(C#N)ccc1N1C(=O)c2ccccc2C1=O. The van der Waals surface area contributed by atoms with E-state index in [1.54, 1.807) is 42.5 Å². The first kappa shape index (κ1) is 23.4. The summed E-state index contributed by atoms with van der Waals surface area (Å²) in [5, 5.41) is 12.1. The summed E-state index contributed by atoms with van der Waals surface area (Å²) in [5.41, 5.74) is 8.92. The minimum absolute atomic E-state index is 0.236. The Morgan fingerprint density at radius 2 is 1.32 bits per heavy atom. The highest BCUT2D eigenvalue weighted by atomic mass is 16.2. The summed E-state index contributed by atoms with van der Waals surface area (Å²) in [5.74, 6) is -0.732. The van der Waals surface area contributed by atoms with E-state index in [1.165, 1.54) is 27.2 Å². The normalized spacial score (nSPS) is 14.8. The highest BCUT2D eigenvalue weighted by Crippen LogP contribution is 2.53. The first-order valence-electron chi connectivity index (χ1n) is 13.6. The molecule has 0 radical (unpaired) electrons. The lowest BCUT2D eigenvalue weighted by Crippen LogP contribution is -2.30. The lowest BCUT2D eigenvalue weighted by atomic mass is 9.80. The van der Waals surface area contributed by atoms with Gasteiger partial charge in [-0.1, -0.05) is 74.5 Å². The van der Waals surface area contributed by atoms with E-state index in [9.17, 15) is 14.9 Å². The second-order valence-electron chi connectivity index (χ2n) is 11.2. The Morgan fingerprint density at radius 3 is 2.05 bits per heavy atom. The fourth-order valence-corrected chi connectivity index (χ4v) is 6.96. The topological polar surface area (TPSA) is 66.1 Å². The number of amides is 2. The Hall–Kier alpha value is -5.47. The largest absolute Gasteiger partial charge is 0.307 e. The summed E-state index contributed by atoms with van der Waals surface area (Å²) >= 11 is 0. The van der Waals surface area contributed by atoms with E-state index < -0.39 is 0 Å². The minimum atomic E-state index is -0.366. The maximum absolute atomic E-state index is 13.6. The number of imide groups is 1. The second-order valence-corrected chi connectivity index (χ2v) is 11.2. The van der Waals surface area contributed by atoms with E-state index in [0.717, 1.165) is 21.8 Å². The molecule has 0 spiro atoms. The number of para-hydroxylation sites is 1. The van der Waals surface area contributed by atoms with E-state index in [2.05, 4.69) is 73.0 Å². The van der Waals surface area contributed by atoms with Gasteiger partial charge in [-0.15, -0.1) is 0 Å². The standard InChI is InChI=1S/C36H23N3O2/c1-36(2)27-13-7-5-9-22(27)23-16-18-30-32(33(23)36)26-12-6-8-14-28(26)38(30)31-19-21(20-37)15-17-29(31)39-34(40)24-10-3-4-11-25(24)35(39)41/h3-19H,1-2H3. The molecule has 2 amide bonds. The summed E-state index contributed by atoms with van der Waals surface area (Å²) in [4.78, 5) is 28.5. The summed E-state index contributed by atoms with van der Waals surface area (Å²) in [7, 11) is 0. The van der Waals surface area contributed by atoms with Gasteiger partial charge in [0.05, 0.1) is 45.2 Å². The predicted octanol–water partition coefficient (Wildman–Crippen LogP) is 7.76. The monoisotopic (exact) mass is 529 g/mol. The number of anilines is 1. The average Bonchev–Trinajstić information content (AvgIpc) is 3.56. The van der Waals surface area contributed by atoms with Crippen molar-refractivity contribution in [3.05, 3.63) is 131 Å². The molecule has 8 rings (SSSR count). The average molecular weight is 530 g/mol. The Kier molecular flexibility index (Phi) is 4.59. The van der Waals surface area contributed by atoms with Crippen LogP contribution in [0.25, 0.3) is 38.6 Å². The molecule has 5 heteroatoms. The van der Waals surface area contributed by atoms with Gasteiger partial charge >= 0.3 is 0 Å². The zero-order chi connectivity index (χ0) is 28.0. The molecule has 194 valence electrons. The van der Waals surface area contributed by atoms with Crippen LogP contribution in [0.3, 0.4) is 0 Å². The molecule has 0 bridgehead atoms. The van der Waals surface area contributed by atoms with Crippen LogP contribution in [0.15, 0.2) is 103 Å². The number of aromatic nitrogens is 1. The number of hydrogen-bond acceptors (Lipinski definition) is 3. The molecule has 1 aliphatic heterocycles. The van der Waals surface area contributed by atoms with Crippen LogP contribution >= 0.6 is 0 Å². The fraction of sp³-hybridized carbons (Fsp3) is 0.0833. The van der Waals surface area contributed by atoms with Gasteiger partial charge < -0.3 is 4.57 Å². The van der Waals surface area contributed by atoms with Crippen molar-refractivity contribution in [2.45, 2.75) is 19.3 Å². The number of carbonyl (C=O) groups excluding carboxylic acids is 2. The van der Waals surface area contributed by atoms with Crippen LogP contribution in [-0.4, -0.2) is 16.4 Å². The van der Waals surface area contributed by atoms with Crippen molar-refractivity contribution in [3.8, 4) is 22.9 Å². The molecule has 0 N–H and O–H groups in total. The van der Waals surface area contributed by atoms with Gasteiger partial charge in [-0.25, -0.2) is 4.90 Å². The number of hydrogen-bond donors (Lipinski definition) is 0. The number of carbonyl (C=O) groups is 2. The zero-order valence-electron chi connectivity index (χ0n) is 22.5. The number of fused-ring (bicyclic) bond motifs is 8. The molecule has 1 aromatic heterocycles. The number of benzene rings is 5. The van der Waals surface area contributed by atoms with Gasteiger partial charge in [-0.05, 0) is 64.7 Å². The molecule has 5 nitrogen and oxygen atoms in total. The molecule has 0 saturated heterocycles. The third-order valence-electron chi connectivity index (χ3n) is 8.73. The van der Waals surface area contributed by atoms with Gasteiger partial charge in [0.2, 0.25) is 0 Å². The highest BCUT2D eigenvalue weighted by molar-refractivity contribution is 6.35. The minimum Gasteiger partial charge on any atom is -0.307 e. The number of rotatable bonds is 2. The summed E-state index contributed by atoms with van der Waals surface area (Å²) in [6.07, 6.45) is 0. The van der Waals surface area contributed by atoms with Crippen molar-refractivity contribution in [1.82, 2.24) is 4.57 Å². The molecule has 0 unspecified atom stereocenters. The summed E-state index contributed by atoms with van der Waals surface area (Å²) in [6.45, 7) is 4.54. The van der Waals surface area contributed by atoms with Crippen molar-refractivity contribution < 1.29 is 9.59 Å². The van der Waals surface area contributed by atoms with Crippen LogP contribution in [0.5, 0.6) is 0 Å². The smallest absolute Gasteiger partial charge is 0.266 e. The fourth-order valence-electron chi connectivity index (χ4n) is 6.96. The first-order valence-corrected chi connectivity index (χ1v) is 13.6. The Bertz CT molecular complexity index is 2160. The molecule has 5 aromatic carbocycles. The Balaban J connectivity index is 1.47. The molecule has 2 aliphatic rings. The number of nitriles is 1. The van der Waals surface area contributed by atoms with Crippen molar-refractivity contribution in [3.63, 3.8) is 0 Å². The lowest BCUT2D eigenvalue weighted by molar-refractivity contribution is 0.0926. The Labute approximate surface area is 236 Å². The van der Waals surface area contributed by atoms with Crippen molar-refractivity contribution in [1.29, 1.82) is 5.26 Å². The quantitative estimate of drug-likeness (QED) is 0.215. The predicted molar refractivity (Wildman–Crippen MR) is 161 cm³/mol. The first-order chi connectivity index (χ1) is 19.9. The maximum atomic E-state index is 13.6. The molecule has 0 saturated carbocycles. The van der Waals surface area contributed by atoms with Crippen molar-refractivity contribution in [2.75, 3.05) is 4.90 Å². The number of nitrogens with zero attached hydrogens (tertiary/aromatic N) is 3. The molecular formula is C36H23N3O2. The molecule has 1 aliphatic carbocycles. The molecule has 2 heterocycles. The summed E-state index contributed by atoms with van der Waals surface area (Å²) in [6, 6.07) is 35.4. The molecule has 6 aromatic rings. The van der Waals surface area contributed by atoms with Crippen LogP contribution in [0.2, 0.25) is 0 Å². The van der Waals surface area contributed by atoms with Gasteiger partial charge in [0, 0.05) is 16.2 Å². The second kappa shape index (κ2) is 8.03. The molecule has 0 atom stereocenters. The van der Waals surface area contributed by atoms with Crippen molar-refractivity contribution >= 4 is 39.3 Å². The maximum Gasteiger partial charge on any atom is 0.266 e. The Morgan fingerprint density at radius 1 is 0.659 bits per heavy atom. The van der Waals surface area contributed by atoms with Crippen LogP contribution < -0.4 is 4.90 Å². The molecule has 41 heavy (non-hydrogen) atoms. The summed E-state index contributed by atoms with van der Waals surface area (Å²) < 4.78 is 2.10. The van der Waals surface area contributed by atoms with E-state index >= 15 is 0 Å². The molecular weight excluding hydrogens is 506 g/mol.